The van der Waals surface area contributed by atoms with E-state index in [4.69, 9.17) is 8.85 Å². The van der Waals surface area contributed by atoms with Gasteiger partial charge in [0, 0.05) is 11.1 Å². The van der Waals surface area contributed by atoms with Crippen LogP contribution in [-0.4, -0.2) is 42.3 Å². The van der Waals surface area contributed by atoms with E-state index in [-0.39, 0.29) is 11.9 Å². The molecule has 5 nitrogen and oxygen atoms in total. The van der Waals surface area contributed by atoms with Crippen LogP contribution in [0.2, 0.25) is 38.8 Å². The zero-order chi connectivity index (χ0) is 19.6. The Kier molecular flexibility index (Phi) is 11.9. The van der Waals surface area contributed by atoms with Crippen LogP contribution in [0.15, 0.2) is 24.3 Å². The molecule has 0 fully saturated rings. The van der Waals surface area contributed by atoms with Crippen LogP contribution in [0, 0.1) is 0 Å². The molecule has 7 heteroatoms. The summed E-state index contributed by atoms with van der Waals surface area (Å²) in [7, 11) is -1.71. The zero-order valence-corrected chi connectivity index (χ0v) is 18.6. The summed E-state index contributed by atoms with van der Waals surface area (Å²) in [5, 5.41) is 0. The minimum atomic E-state index is -1.59. The third-order valence-electron chi connectivity index (χ3n) is 2.62. The highest BCUT2D eigenvalue weighted by Gasteiger charge is 2.29. The second kappa shape index (κ2) is 11.4. The van der Waals surface area contributed by atoms with E-state index in [1.165, 1.54) is 7.11 Å². The van der Waals surface area contributed by atoms with Crippen molar-refractivity contribution in [2.24, 2.45) is 0 Å². The Balaban J connectivity index is 0. The topological polar surface area (TPSA) is 61.8 Å². The van der Waals surface area contributed by atoms with Crippen LogP contribution in [0.3, 0.4) is 0 Å². The first-order chi connectivity index (χ1) is 10.7. The van der Waals surface area contributed by atoms with E-state index in [1.807, 2.05) is 0 Å². The summed E-state index contributed by atoms with van der Waals surface area (Å²) >= 11 is 0. The van der Waals surface area contributed by atoms with E-state index in [0.717, 1.165) is 12.5 Å². The maximum Gasteiger partial charge on any atom is 0.333 e. The largest absolute Gasteiger partial charge is 0.466 e. The first-order valence-electron chi connectivity index (χ1n) is 7.98. The van der Waals surface area contributed by atoms with E-state index in [2.05, 4.69) is 50.6 Å². The molecule has 24 heavy (non-hydrogen) atoms. The van der Waals surface area contributed by atoms with E-state index in [0.29, 0.717) is 17.8 Å². The second-order valence-electron chi connectivity index (χ2n) is 7.27. The van der Waals surface area contributed by atoms with E-state index in [1.54, 1.807) is 13.8 Å². The van der Waals surface area contributed by atoms with Crippen LogP contribution in [-0.2, 0) is 23.2 Å². The number of hydrogen-bond donors (Lipinski definition) is 0. The van der Waals surface area contributed by atoms with Crippen LogP contribution in [0.4, 0.5) is 0 Å². The second-order valence-corrected chi connectivity index (χ2v) is 16.3. The third kappa shape index (κ3) is 15.7. The Bertz CT molecular complexity index is 450. The summed E-state index contributed by atoms with van der Waals surface area (Å²) in [5.41, 5.74) is 0.891. The van der Waals surface area contributed by atoms with Gasteiger partial charge in [0.05, 0.1) is 13.7 Å². The van der Waals surface area contributed by atoms with Crippen LogP contribution in [0.25, 0.3) is 0 Å². The molecule has 0 aromatic carbocycles. The molecule has 0 amide bonds. The molecule has 0 aliphatic heterocycles. The van der Waals surface area contributed by atoms with Crippen LogP contribution in [0.1, 0.15) is 20.3 Å². The van der Waals surface area contributed by atoms with Crippen molar-refractivity contribution in [1.82, 2.24) is 0 Å². The van der Waals surface area contributed by atoms with E-state index in [9.17, 15) is 9.59 Å². The lowest BCUT2D eigenvalue weighted by Crippen LogP contribution is -2.42. The number of carbonyl (C=O) groups is 2. The molecular weight excluding hydrogens is 340 g/mol. The smallest absolute Gasteiger partial charge is 0.333 e. The molecule has 0 aromatic rings. The van der Waals surface area contributed by atoms with Crippen molar-refractivity contribution in [3.8, 4) is 0 Å². The monoisotopic (exact) mass is 374 g/mol. The average molecular weight is 375 g/mol. The molecule has 0 atom stereocenters. The van der Waals surface area contributed by atoms with Crippen molar-refractivity contribution in [3.63, 3.8) is 0 Å². The fraction of sp³-hybridized carbons (Fsp3) is 0.647. The van der Waals surface area contributed by atoms with E-state index < -0.39 is 16.6 Å². The van der Waals surface area contributed by atoms with Gasteiger partial charge in [-0.25, -0.2) is 9.59 Å². The van der Waals surface area contributed by atoms with Gasteiger partial charge in [-0.15, -0.1) is 0 Å². The molecule has 0 aliphatic carbocycles. The van der Waals surface area contributed by atoms with Crippen molar-refractivity contribution in [1.29, 1.82) is 0 Å². The zero-order valence-electron chi connectivity index (χ0n) is 16.6. The number of esters is 2. The molecule has 0 bridgehead atoms. The molecule has 0 heterocycles. The number of hydrogen-bond acceptors (Lipinski definition) is 5. The minimum Gasteiger partial charge on any atom is -0.466 e. The molecule has 0 spiro atoms. The lowest BCUT2D eigenvalue weighted by atomic mass is 10.4. The molecule has 0 saturated heterocycles. The van der Waals surface area contributed by atoms with Crippen molar-refractivity contribution in [2.75, 3.05) is 13.7 Å². The standard InChI is InChI=1S/C12H26O3Si2.C5H8O2/c1-11(2)12(13)14-9-8-10-17(6,7)15-16(3,4)5;1-4(2)5(6)7-3/h1,8-10H2,2-7H3;1H2,2-3H3. The molecule has 0 aliphatic rings. The predicted octanol–water partition coefficient (Wildman–Crippen LogP) is 4.29. The Morgan fingerprint density at radius 1 is 0.917 bits per heavy atom. The fourth-order valence-electron chi connectivity index (χ4n) is 1.84. The quantitative estimate of drug-likeness (QED) is 0.274. The summed E-state index contributed by atoms with van der Waals surface area (Å²) in [5.74, 6) is -0.643. The van der Waals surface area contributed by atoms with Gasteiger partial charge in [-0.05, 0) is 59.0 Å². The number of rotatable bonds is 8. The molecule has 0 rings (SSSR count). The molecule has 0 unspecified atom stereocenters. The van der Waals surface area contributed by atoms with Crippen molar-refractivity contribution >= 4 is 28.6 Å². The Labute approximate surface area is 149 Å². The molecule has 140 valence electrons. The van der Waals surface area contributed by atoms with Gasteiger partial charge in [0.25, 0.3) is 0 Å². The van der Waals surface area contributed by atoms with Gasteiger partial charge in [0.1, 0.15) is 0 Å². The summed E-state index contributed by atoms with van der Waals surface area (Å²) in [6.45, 7) is 21.7. The summed E-state index contributed by atoms with van der Waals surface area (Å²) in [4.78, 5) is 21.4. The number of methoxy groups -OCH3 is 1. The highest BCUT2D eigenvalue weighted by Crippen LogP contribution is 2.19. The van der Waals surface area contributed by atoms with Gasteiger partial charge in [-0.3, -0.25) is 0 Å². The van der Waals surface area contributed by atoms with Crippen LogP contribution < -0.4 is 0 Å². The highest BCUT2D eigenvalue weighted by atomic mass is 28.4. The number of carbonyl (C=O) groups excluding carboxylic acids is 2. The average Bonchev–Trinajstić information content (AvgIpc) is 2.40. The lowest BCUT2D eigenvalue weighted by Gasteiger charge is -2.31. The minimum absolute atomic E-state index is 0.296. The normalized spacial score (nSPS) is 11.0. The lowest BCUT2D eigenvalue weighted by molar-refractivity contribution is -0.139. The first-order valence-corrected chi connectivity index (χ1v) is 14.5. The van der Waals surface area contributed by atoms with Gasteiger partial charge in [0.15, 0.2) is 16.6 Å². The summed E-state index contributed by atoms with van der Waals surface area (Å²) in [6, 6.07) is 1.03. The summed E-state index contributed by atoms with van der Waals surface area (Å²) in [6.07, 6.45) is 0.878. The molecular formula is C17H34O5Si2. The van der Waals surface area contributed by atoms with Crippen molar-refractivity contribution in [2.45, 2.75) is 59.0 Å². The fourth-order valence-corrected chi connectivity index (χ4v) is 9.88. The Hall–Kier alpha value is -1.19. The maximum absolute atomic E-state index is 11.2. The van der Waals surface area contributed by atoms with Gasteiger partial charge in [0.2, 0.25) is 0 Å². The van der Waals surface area contributed by atoms with Crippen molar-refractivity contribution < 1.29 is 23.2 Å². The van der Waals surface area contributed by atoms with Crippen LogP contribution >= 0.6 is 0 Å². The van der Waals surface area contributed by atoms with Crippen molar-refractivity contribution in [3.05, 3.63) is 24.3 Å². The SMILES string of the molecule is C=C(C)C(=O)OC.C=C(C)C(=O)OCCC[Si](C)(C)O[Si](C)(C)C. The highest BCUT2D eigenvalue weighted by molar-refractivity contribution is 6.84. The molecule has 0 N–H and O–H groups in total. The third-order valence-corrected chi connectivity index (χ3v) is 8.84. The molecule has 0 radical (unpaired) electrons. The first kappa shape index (κ1) is 25.1. The Morgan fingerprint density at radius 2 is 1.38 bits per heavy atom. The van der Waals surface area contributed by atoms with Crippen LogP contribution in [0.5, 0.6) is 0 Å². The van der Waals surface area contributed by atoms with Gasteiger partial charge >= 0.3 is 11.9 Å². The Morgan fingerprint density at radius 3 is 1.67 bits per heavy atom. The predicted molar refractivity (Wildman–Crippen MR) is 104 cm³/mol. The molecule has 0 aromatic heterocycles. The number of ether oxygens (including phenoxy) is 2. The van der Waals surface area contributed by atoms with Gasteiger partial charge in [-0.2, -0.15) is 0 Å². The van der Waals surface area contributed by atoms with E-state index >= 15 is 0 Å². The molecule has 0 saturated carbocycles. The van der Waals surface area contributed by atoms with Gasteiger partial charge < -0.3 is 13.6 Å². The maximum atomic E-state index is 11.2. The summed E-state index contributed by atoms with van der Waals surface area (Å²) < 4.78 is 15.5. The van der Waals surface area contributed by atoms with Gasteiger partial charge in [-0.1, -0.05) is 13.2 Å².